The topological polar surface area (TPSA) is 108 Å². The second-order valence-corrected chi connectivity index (χ2v) is 4.00. The molecule has 0 unspecified atom stereocenters. The molecule has 0 aliphatic rings. The second-order valence-electron chi connectivity index (χ2n) is 4.00. The monoisotopic (exact) mass is 264 g/mol. The van der Waals surface area contributed by atoms with E-state index in [1.165, 1.54) is 17.9 Å². The highest BCUT2D eigenvalue weighted by Crippen LogP contribution is 2.15. The van der Waals surface area contributed by atoms with Gasteiger partial charge in [0.1, 0.15) is 6.20 Å². The third-order valence-electron chi connectivity index (χ3n) is 2.43. The zero-order chi connectivity index (χ0) is 14.0. The van der Waals surface area contributed by atoms with Gasteiger partial charge in [0.15, 0.2) is 0 Å². The number of carbonyl (C=O) groups excluding carboxylic acids is 1. The summed E-state index contributed by atoms with van der Waals surface area (Å²) < 4.78 is 2.84. The molecule has 0 radical (unpaired) electrons. The van der Waals surface area contributed by atoms with Crippen LogP contribution in [0.25, 0.3) is 0 Å². The zero-order valence-corrected chi connectivity index (χ0v) is 10.4. The van der Waals surface area contributed by atoms with Crippen LogP contribution in [-0.4, -0.2) is 30.4 Å². The summed E-state index contributed by atoms with van der Waals surface area (Å²) in [7, 11) is 3.28. The minimum absolute atomic E-state index is 0.198. The number of hydrogen-bond acceptors (Lipinski definition) is 5. The molecule has 9 nitrogen and oxygen atoms in total. The van der Waals surface area contributed by atoms with Crippen LogP contribution in [0.15, 0.2) is 18.6 Å². The van der Waals surface area contributed by atoms with E-state index in [1.54, 1.807) is 24.1 Å². The smallest absolute Gasteiger partial charge is 0.320 e. The van der Waals surface area contributed by atoms with Gasteiger partial charge in [0.2, 0.25) is 5.69 Å². The molecule has 0 fully saturated rings. The molecule has 2 rings (SSSR count). The average Bonchev–Trinajstić information content (AvgIpc) is 2.92. The minimum atomic E-state index is -0.633. The van der Waals surface area contributed by atoms with Crippen LogP contribution < -0.4 is 5.32 Å². The number of hydrogen-bond donors (Lipinski definition) is 1. The number of amides is 1. The van der Waals surface area contributed by atoms with Crippen LogP contribution in [0.5, 0.6) is 0 Å². The molecule has 2 aromatic rings. The van der Waals surface area contributed by atoms with E-state index in [0.29, 0.717) is 0 Å². The van der Waals surface area contributed by atoms with E-state index in [4.69, 9.17) is 0 Å². The normalized spacial score (nSPS) is 10.4. The molecular weight excluding hydrogens is 252 g/mol. The molecule has 1 N–H and O–H groups in total. The number of aryl methyl sites for hydroxylation is 2. The van der Waals surface area contributed by atoms with Crippen LogP contribution in [0.3, 0.4) is 0 Å². The maximum Gasteiger partial charge on any atom is 0.320 e. The minimum Gasteiger partial charge on any atom is -0.346 e. The van der Waals surface area contributed by atoms with Crippen LogP contribution >= 0.6 is 0 Å². The Balaban J connectivity index is 2.09. The molecule has 2 aromatic heterocycles. The SMILES string of the molecule is Cn1cc(CNC(=O)c2nn(C)cc2[N+](=O)[O-])cn1. The lowest BCUT2D eigenvalue weighted by atomic mass is 10.3. The molecular formula is C10H12N6O3. The Morgan fingerprint density at radius 1 is 1.42 bits per heavy atom. The highest BCUT2D eigenvalue weighted by atomic mass is 16.6. The number of nitrogens with zero attached hydrogens (tertiary/aromatic N) is 5. The van der Waals surface area contributed by atoms with Crippen molar-refractivity contribution in [3.05, 3.63) is 40.0 Å². The molecule has 0 aliphatic heterocycles. The Bertz CT molecular complexity index is 629. The Morgan fingerprint density at radius 2 is 2.16 bits per heavy atom. The summed E-state index contributed by atoms with van der Waals surface area (Å²) in [4.78, 5) is 22.0. The Morgan fingerprint density at radius 3 is 2.74 bits per heavy atom. The quantitative estimate of drug-likeness (QED) is 0.617. The molecule has 9 heteroatoms. The molecule has 0 spiro atoms. The zero-order valence-electron chi connectivity index (χ0n) is 10.4. The highest BCUT2D eigenvalue weighted by Gasteiger charge is 2.24. The van der Waals surface area contributed by atoms with Gasteiger partial charge >= 0.3 is 5.69 Å². The third kappa shape index (κ3) is 2.76. The Labute approximate surface area is 108 Å². The number of rotatable bonds is 4. The summed E-state index contributed by atoms with van der Waals surface area (Å²) in [5.74, 6) is -0.587. The second kappa shape index (κ2) is 4.88. The maximum atomic E-state index is 11.8. The van der Waals surface area contributed by atoms with Crippen LogP contribution in [-0.2, 0) is 20.6 Å². The molecule has 19 heavy (non-hydrogen) atoms. The van der Waals surface area contributed by atoms with Gasteiger partial charge in [-0.05, 0) is 0 Å². The first kappa shape index (κ1) is 12.7. The number of carbonyl (C=O) groups is 1. The summed E-state index contributed by atoms with van der Waals surface area (Å²) in [6.45, 7) is 0.237. The Kier molecular flexibility index (Phi) is 3.27. The molecule has 0 saturated heterocycles. The van der Waals surface area contributed by atoms with Crippen molar-refractivity contribution >= 4 is 11.6 Å². The van der Waals surface area contributed by atoms with Gasteiger partial charge in [-0.3, -0.25) is 24.3 Å². The van der Waals surface area contributed by atoms with Crippen LogP contribution in [0.2, 0.25) is 0 Å². The van der Waals surface area contributed by atoms with Gasteiger partial charge in [0.05, 0.1) is 11.1 Å². The number of nitro groups is 1. The van der Waals surface area contributed by atoms with Gasteiger partial charge < -0.3 is 5.32 Å². The number of aromatic nitrogens is 4. The fourth-order valence-corrected chi connectivity index (χ4v) is 1.60. The van der Waals surface area contributed by atoms with Crippen molar-refractivity contribution in [2.24, 2.45) is 14.1 Å². The summed E-state index contributed by atoms with van der Waals surface area (Å²) in [5.41, 5.74) is 0.289. The van der Waals surface area contributed by atoms with Gasteiger partial charge in [-0.15, -0.1) is 0 Å². The van der Waals surface area contributed by atoms with Crippen LogP contribution in [0.1, 0.15) is 16.1 Å². The maximum absolute atomic E-state index is 11.8. The van der Waals surface area contributed by atoms with E-state index < -0.39 is 10.8 Å². The van der Waals surface area contributed by atoms with Crippen LogP contribution in [0.4, 0.5) is 5.69 Å². The first-order valence-corrected chi connectivity index (χ1v) is 5.41. The lowest BCUT2D eigenvalue weighted by molar-refractivity contribution is -0.385. The van der Waals surface area contributed by atoms with E-state index in [1.807, 2.05) is 0 Å². The van der Waals surface area contributed by atoms with E-state index in [9.17, 15) is 14.9 Å². The van der Waals surface area contributed by atoms with Crippen molar-refractivity contribution in [2.45, 2.75) is 6.54 Å². The largest absolute Gasteiger partial charge is 0.346 e. The summed E-state index contributed by atoms with van der Waals surface area (Å²) in [5, 5.41) is 21.1. The molecule has 0 saturated carbocycles. The number of nitrogens with one attached hydrogen (secondary N) is 1. The Hall–Kier alpha value is -2.71. The van der Waals surface area contributed by atoms with Crippen molar-refractivity contribution in [3.63, 3.8) is 0 Å². The van der Waals surface area contributed by atoms with Crippen molar-refractivity contribution in [1.29, 1.82) is 0 Å². The van der Waals surface area contributed by atoms with Gasteiger partial charge in [-0.2, -0.15) is 10.2 Å². The lowest BCUT2D eigenvalue weighted by Gasteiger charge is -2.00. The summed E-state index contributed by atoms with van der Waals surface area (Å²) >= 11 is 0. The predicted molar refractivity (Wildman–Crippen MR) is 64.2 cm³/mol. The van der Waals surface area contributed by atoms with Gasteiger partial charge in [0, 0.05) is 32.4 Å². The van der Waals surface area contributed by atoms with Crippen molar-refractivity contribution in [1.82, 2.24) is 24.9 Å². The molecule has 1 amide bonds. The van der Waals surface area contributed by atoms with Crippen LogP contribution in [0, 0.1) is 10.1 Å². The standard InChI is InChI=1S/C10H12N6O3/c1-14-5-7(4-12-14)3-11-10(17)9-8(16(18)19)6-15(2)13-9/h4-6H,3H2,1-2H3,(H,11,17). The summed E-state index contributed by atoms with van der Waals surface area (Å²) in [6.07, 6.45) is 4.54. The molecule has 0 bridgehead atoms. The van der Waals surface area contributed by atoms with Gasteiger partial charge in [0.25, 0.3) is 5.91 Å². The molecule has 0 atom stereocenters. The molecule has 0 aliphatic carbocycles. The van der Waals surface area contributed by atoms with Gasteiger partial charge in [-0.1, -0.05) is 0 Å². The molecule has 100 valence electrons. The first-order valence-electron chi connectivity index (χ1n) is 5.41. The van der Waals surface area contributed by atoms with Gasteiger partial charge in [-0.25, -0.2) is 0 Å². The van der Waals surface area contributed by atoms with Crippen molar-refractivity contribution < 1.29 is 9.72 Å². The fourth-order valence-electron chi connectivity index (χ4n) is 1.60. The molecule has 0 aromatic carbocycles. The van der Waals surface area contributed by atoms with Crippen molar-refractivity contribution in [2.75, 3.05) is 0 Å². The van der Waals surface area contributed by atoms with Crippen molar-refractivity contribution in [3.8, 4) is 0 Å². The first-order chi connectivity index (χ1) is 8.97. The molecule has 2 heterocycles. The van der Waals surface area contributed by atoms with E-state index in [0.717, 1.165) is 5.56 Å². The lowest BCUT2D eigenvalue weighted by Crippen LogP contribution is -2.24. The average molecular weight is 264 g/mol. The summed E-state index contributed by atoms with van der Waals surface area (Å²) in [6, 6.07) is 0. The van der Waals surface area contributed by atoms with E-state index in [2.05, 4.69) is 15.5 Å². The van der Waals surface area contributed by atoms with E-state index in [-0.39, 0.29) is 17.9 Å². The van der Waals surface area contributed by atoms with E-state index >= 15 is 0 Å². The highest BCUT2D eigenvalue weighted by molar-refractivity contribution is 5.95. The predicted octanol–water partition coefficient (Wildman–Crippen LogP) is -0.00820. The third-order valence-corrected chi connectivity index (χ3v) is 2.43. The fraction of sp³-hybridized carbons (Fsp3) is 0.300.